The maximum Gasteiger partial charge on any atom is 0.418 e. The molecule has 9 heteroatoms. The third kappa shape index (κ3) is 4.55. The lowest BCUT2D eigenvalue weighted by atomic mass is 10.1. The second kappa shape index (κ2) is 7.81. The van der Waals surface area contributed by atoms with Gasteiger partial charge in [0.2, 0.25) is 0 Å². The smallest absolute Gasteiger partial charge is 0.321 e. The standard InChI is InChI=1S/C19H14F3N3O2S/c1-11-10-28-18(23-11)25-17(27)13-8-6-12(7-9-13)16(26)24-15-5-3-2-4-14(15)19(20,21)22/h2-10H,1H3,(H,24,26)(H,23,25,27). The number of aryl methyl sites for hydroxylation is 1. The highest BCUT2D eigenvalue weighted by Crippen LogP contribution is 2.34. The lowest BCUT2D eigenvalue weighted by molar-refractivity contribution is -0.136. The van der Waals surface area contributed by atoms with Crippen molar-refractivity contribution < 1.29 is 22.8 Å². The first-order valence-corrected chi connectivity index (χ1v) is 8.93. The Morgan fingerprint density at radius 1 is 0.929 bits per heavy atom. The summed E-state index contributed by atoms with van der Waals surface area (Å²) in [6.45, 7) is 1.80. The summed E-state index contributed by atoms with van der Waals surface area (Å²) in [5.74, 6) is -1.11. The van der Waals surface area contributed by atoms with Crippen LogP contribution in [0.4, 0.5) is 24.0 Å². The molecule has 2 aromatic carbocycles. The number of halogens is 3. The summed E-state index contributed by atoms with van der Waals surface area (Å²) in [6, 6.07) is 10.3. The number of nitrogens with one attached hydrogen (secondary N) is 2. The van der Waals surface area contributed by atoms with Crippen LogP contribution in [0.5, 0.6) is 0 Å². The third-order valence-corrected chi connectivity index (χ3v) is 4.60. The Morgan fingerprint density at radius 2 is 1.50 bits per heavy atom. The first-order chi connectivity index (χ1) is 13.2. The summed E-state index contributed by atoms with van der Waals surface area (Å²) < 4.78 is 39.1. The highest BCUT2D eigenvalue weighted by Gasteiger charge is 2.33. The number of carbonyl (C=O) groups excluding carboxylic acids is 2. The van der Waals surface area contributed by atoms with Gasteiger partial charge in [-0.05, 0) is 43.3 Å². The molecule has 0 saturated carbocycles. The van der Waals surface area contributed by atoms with E-state index in [4.69, 9.17) is 0 Å². The van der Waals surface area contributed by atoms with Crippen LogP contribution in [0.3, 0.4) is 0 Å². The van der Waals surface area contributed by atoms with E-state index in [1.807, 2.05) is 0 Å². The predicted molar refractivity (Wildman–Crippen MR) is 101 cm³/mol. The van der Waals surface area contributed by atoms with Crippen LogP contribution in [0.15, 0.2) is 53.9 Å². The lowest BCUT2D eigenvalue weighted by Crippen LogP contribution is -2.17. The molecule has 5 nitrogen and oxygen atoms in total. The minimum absolute atomic E-state index is 0.124. The molecule has 0 aliphatic rings. The summed E-state index contributed by atoms with van der Waals surface area (Å²) in [4.78, 5) is 28.6. The van der Waals surface area contributed by atoms with Gasteiger partial charge in [-0.3, -0.25) is 14.9 Å². The number of aromatic nitrogens is 1. The van der Waals surface area contributed by atoms with E-state index in [2.05, 4.69) is 15.6 Å². The van der Waals surface area contributed by atoms with Crippen molar-refractivity contribution in [3.8, 4) is 0 Å². The molecule has 0 spiro atoms. The Hall–Kier alpha value is -3.20. The van der Waals surface area contributed by atoms with Gasteiger partial charge in [0.15, 0.2) is 5.13 Å². The van der Waals surface area contributed by atoms with Crippen LogP contribution in [-0.2, 0) is 6.18 Å². The quantitative estimate of drug-likeness (QED) is 0.644. The summed E-state index contributed by atoms with van der Waals surface area (Å²) in [6.07, 6.45) is -4.58. The Morgan fingerprint density at radius 3 is 2.04 bits per heavy atom. The second-order valence-electron chi connectivity index (χ2n) is 5.82. The van der Waals surface area contributed by atoms with Gasteiger partial charge >= 0.3 is 6.18 Å². The Bertz CT molecular complexity index is 1010. The van der Waals surface area contributed by atoms with Crippen molar-refractivity contribution in [2.45, 2.75) is 13.1 Å². The van der Waals surface area contributed by atoms with E-state index in [-0.39, 0.29) is 11.3 Å². The van der Waals surface area contributed by atoms with Crippen LogP contribution < -0.4 is 10.6 Å². The topological polar surface area (TPSA) is 71.1 Å². The maximum absolute atomic E-state index is 13.0. The highest BCUT2D eigenvalue weighted by molar-refractivity contribution is 7.13. The minimum Gasteiger partial charge on any atom is -0.321 e. The first kappa shape index (κ1) is 19.6. The number of alkyl halides is 3. The van der Waals surface area contributed by atoms with Gasteiger partial charge in [-0.25, -0.2) is 4.98 Å². The SMILES string of the molecule is Cc1csc(NC(=O)c2ccc(C(=O)Nc3ccccc3C(F)(F)F)cc2)n1. The summed E-state index contributed by atoms with van der Waals surface area (Å²) in [7, 11) is 0. The molecule has 1 aromatic heterocycles. The van der Waals surface area contributed by atoms with Gasteiger partial charge in [-0.1, -0.05) is 12.1 Å². The van der Waals surface area contributed by atoms with E-state index in [9.17, 15) is 22.8 Å². The Labute approximate surface area is 162 Å². The molecule has 0 radical (unpaired) electrons. The molecule has 0 aliphatic heterocycles. The number of amides is 2. The molecule has 0 aliphatic carbocycles. The number of thiazole rings is 1. The minimum atomic E-state index is -4.58. The second-order valence-corrected chi connectivity index (χ2v) is 6.68. The van der Waals surface area contributed by atoms with Gasteiger partial charge in [0.05, 0.1) is 16.9 Å². The van der Waals surface area contributed by atoms with Gasteiger partial charge in [-0.15, -0.1) is 11.3 Å². The van der Waals surface area contributed by atoms with Crippen molar-refractivity contribution >= 4 is 34.0 Å². The normalized spacial score (nSPS) is 11.1. The van der Waals surface area contributed by atoms with Crippen LogP contribution in [-0.4, -0.2) is 16.8 Å². The molecular weight excluding hydrogens is 391 g/mol. The molecule has 3 rings (SSSR count). The van der Waals surface area contributed by atoms with Gasteiger partial charge in [0.25, 0.3) is 11.8 Å². The molecule has 0 unspecified atom stereocenters. The fourth-order valence-electron chi connectivity index (χ4n) is 2.39. The fraction of sp³-hybridized carbons (Fsp3) is 0.105. The molecule has 28 heavy (non-hydrogen) atoms. The summed E-state index contributed by atoms with van der Waals surface area (Å²) >= 11 is 1.29. The fourth-order valence-corrected chi connectivity index (χ4v) is 3.07. The van der Waals surface area contributed by atoms with Gasteiger partial charge in [0, 0.05) is 16.5 Å². The van der Waals surface area contributed by atoms with Gasteiger partial charge < -0.3 is 5.32 Å². The van der Waals surface area contributed by atoms with E-state index < -0.39 is 23.6 Å². The molecule has 1 heterocycles. The number of hydrogen-bond acceptors (Lipinski definition) is 4. The Kier molecular flexibility index (Phi) is 5.46. The van der Waals surface area contributed by atoms with Gasteiger partial charge in [0.1, 0.15) is 0 Å². The highest BCUT2D eigenvalue weighted by atomic mass is 32.1. The molecule has 2 N–H and O–H groups in total. The maximum atomic E-state index is 13.0. The monoisotopic (exact) mass is 405 g/mol. The van der Waals surface area contributed by atoms with Crippen molar-refractivity contribution in [3.05, 3.63) is 76.3 Å². The number of hydrogen-bond donors (Lipinski definition) is 2. The van der Waals surface area contributed by atoms with E-state index in [0.29, 0.717) is 10.7 Å². The van der Waals surface area contributed by atoms with E-state index in [1.165, 1.54) is 53.8 Å². The van der Waals surface area contributed by atoms with Crippen molar-refractivity contribution in [3.63, 3.8) is 0 Å². The van der Waals surface area contributed by atoms with Crippen LogP contribution in [0.25, 0.3) is 0 Å². The van der Waals surface area contributed by atoms with Crippen LogP contribution in [0, 0.1) is 6.92 Å². The third-order valence-electron chi connectivity index (χ3n) is 3.73. The molecule has 144 valence electrons. The van der Waals surface area contributed by atoms with E-state index in [0.717, 1.165) is 11.8 Å². The molecule has 0 fully saturated rings. The van der Waals surface area contributed by atoms with Crippen molar-refractivity contribution in [1.29, 1.82) is 0 Å². The van der Waals surface area contributed by atoms with E-state index in [1.54, 1.807) is 12.3 Å². The number of nitrogens with zero attached hydrogens (tertiary/aromatic N) is 1. The van der Waals surface area contributed by atoms with Crippen LogP contribution in [0.1, 0.15) is 32.0 Å². The number of benzene rings is 2. The molecule has 3 aromatic rings. The van der Waals surface area contributed by atoms with Crippen LogP contribution in [0.2, 0.25) is 0 Å². The Balaban J connectivity index is 1.71. The average Bonchev–Trinajstić information content (AvgIpc) is 3.06. The number of carbonyl (C=O) groups is 2. The average molecular weight is 405 g/mol. The summed E-state index contributed by atoms with van der Waals surface area (Å²) in [5.41, 5.74) is -0.0655. The number of rotatable bonds is 4. The zero-order valence-corrected chi connectivity index (χ0v) is 15.3. The van der Waals surface area contributed by atoms with Crippen LogP contribution >= 0.6 is 11.3 Å². The zero-order chi connectivity index (χ0) is 20.3. The number of anilines is 2. The van der Waals surface area contributed by atoms with E-state index >= 15 is 0 Å². The largest absolute Gasteiger partial charge is 0.418 e. The number of para-hydroxylation sites is 1. The van der Waals surface area contributed by atoms with Crippen molar-refractivity contribution in [2.75, 3.05) is 10.6 Å². The molecule has 0 atom stereocenters. The van der Waals surface area contributed by atoms with Gasteiger partial charge in [-0.2, -0.15) is 13.2 Å². The summed E-state index contributed by atoms with van der Waals surface area (Å²) in [5, 5.41) is 7.14. The predicted octanol–water partition coefficient (Wildman–Crippen LogP) is 4.97. The molecular formula is C19H14F3N3O2S. The van der Waals surface area contributed by atoms with Crippen molar-refractivity contribution in [2.24, 2.45) is 0 Å². The zero-order valence-electron chi connectivity index (χ0n) is 14.5. The molecule has 0 bridgehead atoms. The lowest BCUT2D eigenvalue weighted by Gasteiger charge is -2.13. The molecule has 0 saturated heterocycles. The van der Waals surface area contributed by atoms with Crippen molar-refractivity contribution in [1.82, 2.24) is 4.98 Å². The molecule has 2 amide bonds. The first-order valence-electron chi connectivity index (χ1n) is 8.05.